The zero-order chi connectivity index (χ0) is 12.3. The van der Waals surface area contributed by atoms with Crippen LogP contribution in [-0.2, 0) is 13.5 Å². The van der Waals surface area contributed by atoms with Crippen LogP contribution in [-0.4, -0.2) is 46.4 Å². The van der Waals surface area contributed by atoms with Gasteiger partial charge in [0.2, 0.25) is 0 Å². The summed E-state index contributed by atoms with van der Waals surface area (Å²) < 4.78 is 1.98. The highest BCUT2D eigenvalue weighted by Gasteiger charge is 2.23. The molecular formula is C13H24N4. The van der Waals surface area contributed by atoms with Gasteiger partial charge in [0.1, 0.15) is 0 Å². The third-order valence-corrected chi connectivity index (χ3v) is 3.85. The van der Waals surface area contributed by atoms with E-state index in [2.05, 4.69) is 35.2 Å². The molecule has 1 aliphatic rings. The van der Waals surface area contributed by atoms with Gasteiger partial charge in [0.05, 0.1) is 0 Å². The maximum absolute atomic E-state index is 4.22. The van der Waals surface area contributed by atoms with E-state index in [1.54, 1.807) is 0 Å². The second kappa shape index (κ2) is 5.65. The SMILES string of the molecule is CCC1CN(CCc2ccnn2C)C(C)CN1. The first-order chi connectivity index (χ1) is 8.20. The van der Waals surface area contributed by atoms with Gasteiger partial charge in [0.25, 0.3) is 0 Å². The lowest BCUT2D eigenvalue weighted by Crippen LogP contribution is -2.55. The molecule has 0 amide bonds. The first kappa shape index (κ1) is 12.6. The standard InChI is InChI=1S/C13H24N4/c1-4-12-10-17(11(2)9-14-12)8-6-13-5-7-15-16(13)3/h5,7,11-12,14H,4,6,8-10H2,1-3H3. The van der Waals surface area contributed by atoms with Gasteiger partial charge in [-0.1, -0.05) is 6.92 Å². The Bertz CT molecular complexity index is 347. The van der Waals surface area contributed by atoms with Crippen molar-refractivity contribution in [1.29, 1.82) is 0 Å². The Morgan fingerprint density at radius 2 is 2.35 bits per heavy atom. The van der Waals surface area contributed by atoms with Crippen molar-refractivity contribution in [1.82, 2.24) is 20.0 Å². The Morgan fingerprint density at radius 1 is 1.53 bits per heavy atom. The van der Waals surface area contributed by atoms with Crippen molar-refractivity contribution in [3.63, 3.8) is 0 Å². The van der Waals surface area contributed by atoms with Crippen molar-refractivity contribution < 1.29 is 0 Å². The Balaban J connectivity index is 1.87. The number of piperazine rings is 1. The highest BCUT2D eigenvalue weighted by Crippen LogP contribution is 2.10. The monoisotopic (exact) mass is 236 g/mol. The summed E-state index contributed by atoms with van der Waals surface area (Å²) in [5.41, 5.74) is 1.32. The van der Waals surface area contributed by atoms with Crippen molar-refractivity contribution in [2.45, 2.75) is 38.8 Å². The molecule has 1 aliphatic heterocycles. The van der Waals surface area contributed by atoms with E-state index in [1.807, 2.05) is 17.9 Å². The summed E-state index contributed by atoms with van der Waals surface area (Å²) in [5.74, 6) is 0. The summed E-state index contributed by atoms with van der Waals surface area (Å²) >= 11 is 0. The number of aromatic nitrogens is 2. The predicted molar refractivity (Wildman–Crippen MR) is 70.0 cm³/mol. The second-order valence-electron chi connectivity index (χ2n) is 5.05. The van der Waals surface area contributed by atoms with Crippen LogP contribution < -0.4 is 5.32 Å². The zero-order valence-electron chi connectivity index (χ0n) is 11.2. The molecule has 1 fully saturated rings. The Morgan fingerprint density at radius 3 is 3.00 bits per heavy atom. The molecule has 0 saturated carbocycles. The number of nitrogens with one attached hydrogen (secondary N) is 1. The molecule has 17 heavy (non-hydrogen) atoms. The van der Waals surface area contributed by atoms with E-state index in [9.17, 15) is 0 Å². The average Bonchev–Trinajstić information content (AvgIpc) is 2.74. The minimum atomic E-state index is 0.644. The number of hydrogen-bond donors (Lipinski definition) is 1. The highest BCUT2D eigenvalue weighted by atomic mass is 15.3. The Labute approximate surface area is 104 Å². The van der Waals surface area contributed by atoms with Gasteiger partial charge in [-0.05, 0) is 19.4 Å². The molecule has 0 aromatic carbocycles. The van der Waals surface area contributed by atoms with Gasteiger partial charge >= 0.3 is 0 Å². The van der Waals surface area contributed by atoms with Crippen molar-refractivity contribution >= 4 is 0 Å². The van der Waals surface area contributed by atoms with Crippen LogP contribution in [0, 0.1) is 0 Å². The molecule has 0 bridgehead atoms. The third kappa shape index (κ3) is 3.07. The molecule has 2 rings (SSSR count). The zero-order valence-corrected chi connectivity index (χ0v) is 11.2. The minimum Gasteiger partial charge on any atom is -0.311 e. The molecule has 96 valence electrons. The molecule has 4 nitrogen and oxygen atoms in total. The molecule has 1 N–H and O–H groups in total. The van der Waals surface area contributed by atoms with Gasteiger partial charge in [-0.25, -0.2) is 0 Å². The predicted octanol–water partition coefficient (Wildman–Crippen LogP) is 1.03. The molecule has 1 aromatic heterocycles. The molecule has 0 radical (unpaired) electrons. The minimum absolute atomic E-state index is 0.644. The second-order valence-corrected chi connectivity index (χ2v) is 5.05. The van der Waals surface area contributed by atoms with Crippen LogP contribution in [0.3, 0.4) is 0 Å². The van der Waals surface area contributed by atoms with E-state index in [0.29, 0.717) is 12.1 Å². The van der Waals surface area contributed by atoms with Gasteiger partial charge in [0, 0.05) is 57.1 Å². The number of hydrogen-bond acceptors (Lipinski definition) is 3. The third-order valence-electron chi connectivity index (χ3n) is 3.85. The highest BCUT2D eigenvalue weighted by molar-refractivity contribution is 5.01. The number of nitrogens with zero attached hydrogens (tertiary/aromatic N) is 3. The lowest BCUT2D eigenvalue weighted by Gasteiger charge is -2.38. The summed E-state index contributed by atoms with van der Waals surface area (Å²) in [7, 11) is 2.02. The van der Waals surface area contributed by atoms with E-state index in [1.165, 1.54) is 18.7 Å². The van der Waals surface area contributed by atoms with Crippen LogP contribution >= 0.6 is 0 Å². The van der Waals surface area contributed by atoms with Gasteiger partial charge in [-0.3, -0.25) is 9.58 Å². The maximum Gasteiger partial charge on any atom is 0.0492 e. The fourth-order valence-corrected chi connectivity index (χ4v) is 2.48. The Kier molecular flexibility index (Phi) is 4.18. The molecule has 0 aliphatic carbocycles. The quantitative estimate of drug-likeness (QED) is 0.848. The van der Waals surface area contributed by atoms with Crippen molar-refractivity contribution in [2.75, 3.05) is 19.6 Å². The van der Waals surface area contributed by atoms with E-state index in [0.717, 1.165) is 19.5 Å². The fraction of sp³-hybridized carbons (Fsp3) is 0.769. The molecule has 2 atom stereocenters. The fourth-order valence-electron chi connectivity index (χ4n) is 2.48. The van der Waals surface area contributed by atoms with Crippen LogP contribution in [0.25, 0.3) is 0 Å². The van der Waals surface area contributed by atoms with Gasteiger partial charge in [-0.15, -0.1) is 0 Å². The van der Waals surface area contributed by atoms with Gasteiger partial charge < -0.3 is 5.32 Å². The normalized spacial score (nSPS) is 26.3. The summed E-state index contributed by atoms with van der Waals surface area (Å²) in [5, 5.41) is 7.81. The van der Waals surface area contributed by atoms with Crippen molar-refractivity contribution in [2.24, 2.45) is 7.05 Å². The molecule has 1 aromatic rings. The molecule has 0 spiro atoms. The number of aryl methyl sites for hydroxylation is 1. The molecule has 4 heteroatoms. The van der Waals surface area contributed by atoms with Crippen LogP contribution in [0.1, 0.15) is 26.0 Å². The van der Waals surface area contributed by atoms with E-state index >= 15 is 0 Å². The van der Waals surface area contributed by atoms with Crippen molar-refractivity contribution in [3.8, 4) is 0 Å². The summed E-state index contributed by atoms with van der Waals surface area (Å²) in [6, 6.07) is 3.42. The smallest absolute Gasteiger partial charge is 0.0492 e. The molecular weight excluding hydrogens is 212 g/mol. The summed E-state index contributed by atoms with van der Waals surface area (Å²) in [6.45, 7) is 7.99. The lowest BCUT2D eigenvalue weighted by atomic mass is 10.1. The van der Waals surface area contributed by atoms with Gasteiger partial charge in [0.15, 0.2) is 0 Å². The van der Waals surface area contributed by atoms with E-state index < -0.39 is 0 Å². The molecule has 2 heterocycles. The van der Waals surface area contributed by atoms with E-state index in [-0.39, 0.29) is 0 Å². The first-order valence-electron chi connectivity index (χ1n) is 6.65. The molecule has 2 unspecified atom stereocenters. The van der Waals surface area contributed by atoms with Crippen LogP contribution in [0.5, 0.6) is 0 Å². The van der Waals surface area contributed by atoms with Crippen molar-refractivity contribution in [3.05, 3.63) is 18.0 Å². The van der Waals surface area contributed by atoms with Crippen LogP contribution in [0.2, 0.25) is 0 Å². The van der Waals surface area contributed by atoms with Crippen LogP contribution in [0.4, 0.5) is 0 Å². The Hall–Kier alpha value is -0.870. The van der Waals surface area contributed by atoms with Crippen LogP contribution in [0.15, 0.2) is 12.3 Å². The largest absolute Gasteiger partial charge is 0.311 e. The molecule has 1 saturated heterocycles. The lowest BCUT2D eigenvalue weighted by molar-refractivity contribution is 0.140. The average molecular weight is 236 g/mol. The first-order valence-corrected chi connectivity index (χ1v) is 6.65. The number of rotatable bonds is 4. The topological polar surface area (TPSA) is 33.1 Å². The summed E-state index contributed by atoms with van der Waals surface area (Å²) in [4.78, 5) is 2.59. The summed E-state index contributed by atoms with van der Waals surface area (Å²) in [6.07, 6.45) is 4.19. The van der Waals surface area contributed by atoms with Gasteiger partial charge in [-0.2, -0.15) is 5.10 Å². The van der Waals surface area contributed by atoms with E-state index in [4.69, 9.17) is 0 Å². The maximum atomic E-state index is 4.22.